The summed E-state index contributed by atoms with van der Waals surface area (Å²) >= 11 is 0. The van der Waals surface area contributed by atoms with Crippen molar-refractivity contribution >= 4 is 0 Å². The molecule has 1 aliphatic carbocycles. The summed E-state index contributed by atoms with van der Waals surface area (Å²) in [5.41, 5.74) is 0.650. The van der Waals surface area contributed by atoms with Gasteiger partial charge in [-0.3, -0.25) is 0 Å². The van der Waals surface area contributed by atoms with E-state index < -0.39 is 0 Å². The largest absolute Gasteiger partial charge is 0.315 e. The summed E-state index contributed by atoms with van der Waals surface area (Å²) < 4.78 is 0. The first-order valence-electron chi connectivity index (χ1n) is 6.79. The smallest absolute Gasteiger partial charge is 0.0193 e. The normalized spacial score (nSPS) is 30.6. The molecule has 88 valence electrons. The molecule has 2 rings (SSSR count). The predicted molar refractivity (Wildman–Crippen MR) is 65.1 cm³/mol. The van der Waals surface area contributed by atoms with Crippen LogP contribution in [-0.2, 0) is 0 Å². The molecule has 0 bridgehead atoms. The minimum atomic E-state index is 0.650. The fraction of sp³-hybridized carbons (Fsp3) is 1.00. The summed E-state index contributed by atoms with van der Waals surface area (Å²) in [4.78, 5) is 0. The van der Waals surface area contributed by atoms with Crippen LogP contribution in [0.3, 0.4) is 0 Å². The average Bonchev–Trinajstić information content (AvgIpc) is 2.77. The minimum absolute atomic E-state index is 0.650. The quantitative estimate of drug-likeness (QED) is 0.744. The van der Waals surface area contributed by atoms with Crippen LogP contribution >= 0.6 is 0 Å². The van der Waals surface area contributed by atoms with E-state index in [1.54, 1.807) is 0 Å². The van der Waals surface area contributed by atoms with Crippen LogP contribution in [0, 0.1) is 5.41 Å². The van der Waals surface area contributed by atoms with Crippen molar-refractivity contribution in [3.63, 3.8) is 0 Å². The van der Waals surface area contributed by atoms with Crippen LogP contribution in [-0.4, -0.2) is 25.7 Å². The van der Waals surface area contributed by atoms with Crippen LogP contribution in [0.15, 0.2) is 0 Å². The highest BCUT2D eigenvalue weighted by Crippen LogP contribution is 2.40. The first kappa shape index (κ1) is 11.4. The third-order valence-corrected chi connectivity index (χ3v) is 4.48. The van der Waals surface area contributed by atoms with Gasteiger partial charge in [0.05, 0.1) is 0 Å². The summed E-state index contributed by atoms with van der Waals surface area (Å²) in [5.74, 6) is 0. The monoisotopic (exact) mass is 210 g/mol. The molecule has 0 aromatic heterocycles. The lowest BCUT2D eigenvalue weighted by Crippen LogP contribution is -2.46. The second kappa shape index (κ2) is 5.31. The van der Waals surface area contributed by atoms with Gasteiger partial charge in [-0.05, 0) is 44.1 Å². The molecule has 2 heteroatoms. The Morgan fingerprint density at radius 2 is 2.07 bits per heavy atom. The molecule has 0 spiro atoms. The zero-order valence-corrected chi connectivity index (χ0v) is 10.1. The van der Waals surface area contributed by atoms with E-state index in [9.17, 15) is 0 Å². The van der Waals surface area contributed by atoms with Crippen LogP contribution < -0.4 is 10.6 Å². The van der Waals surface area contributed by atoms with Gasteiger partial charge in [0, 0.05) is 19.1 Å². The Balaban J connectivity index is 1.75. The molecule has 2 nitrogen and oxygen atoms in total. The van der Waals surface area contributed by atoms with E-state index in [4.69, 9.17) is 0 Å². The highest BCUT2D eigenvalue weighted by Gasteiger charge is 2.32. The Bertz CT molecular complexity index is 179. The van der Waals surface area contributed by atoms with Gasteiger partial charge in [-0.25, -0.2) is 0 Å². The molecule has 0 amide bonds. The van der Waals surface area contributed by atoms with Crippen molar-refractivity contribution in [2.75, 3.05) is 19.6 Å². The Hall–Kier alpha value is -0.0800. The van der Waals surface area contributed by atoms with Crippen LogP contribution in [0.1, 0.15) is 51.9 Å². The molecule has 2 N–H and O–H groups in total. The van der Waals surface area contributed by atoms with Crippen molar-refractivity contribution in [1.82, 2.24) is 10.6 Å². The van der Waals surface area contributed by atoms with Crippen molar-refractivity contribution in [3.8, 4) is 0 Å². The third kappa shape index (κ3) is 2.94. The predicted octanol–water partition coefficient (Wildman–Crippen LogP) is 2.30. The molecule has 1 saturated carbocycles. The van der Waals surface area contributed by atoms with Crippen molar-refractivity contribution in [3.05, 3.63) is 0 Å². The molecule has 1 saturated heterocycles. The fourth-order valence-corrected chi connectivity index (χ4v) is 3.17. The highest BCUT2D eigenvalue weighted by molar-refractivity contribution is 4.87. The van der Waals surface area contributed by atoms with E-state index in [0.717, 1.165) is 6.04 Å². The molecular weight excluding hydrogens is 184 g/mol. The summed E-state index contributed by atoms with van der Waals surface area (Å²) in [6.07, 6.45) is 9.90. The SMILES string of the molecule is CCC1(CNC2CCCNC2)CCCC1. The van der Waals surface area contributed by atoms with Crippen LogP contribution in [0.5, 0.6) is 0 Å². The van der Waals surface area contributed by atoms with E-state index >= 15 is 0 Å². The molecule has 0 aromatic rings. The molecule has 2 aliphatic rings. The van der Waals surface area contributed by atoms with Gasteiger partial charge in [0.1, 0.15) is 0 Å². The number of hydrogen-bond donors (Lipinski definition) is 2. The summed E-state index contributed by atoms with van der Waals surface area (Å²) in [5, 5.41) is 7.27. The van der Waals surface area contributed by atoms with Gasteiger partial charge < -0.3 is 10.6 Å². The third-order valence-electron chi connectivity index (χ3n) is 4.48. The molecule has 1 aliphatic heterocycles. The van der Waals surface area contributed by atoms with Crippen LogP contribution in [0.2, 0.25) is 0 Å². The van der Waals surface area contributed by atoms with Gasteiger partial charge in [0.25, 0.3) is 0 Å². The van der Waals surface area contributed by atoms with Crippen molar-refractivity contribution in [1.29, 1.82) is 0 Å². The van der Waals surface area contributed by atoms with Gasteiger partial charge in [-0.1, -0.05) is 19.8 Å². The molecular formula is C13H26N2. The summed E-state index contributed by atoms with van der Waals surface area (Å²) in [6.45, 7) is 6.03. The van der Waals surface area contributed by atoms with Crippen molar-refractivity contribution in [2.45, 2.75) is 57.9 Å². The standard InChI is InChI=1S/C13H26N2/c1-2-13(7-3-4-8-13)11-15-12-6-5-9-14-10-12/h12,14-15H,2-11H2,1H3. The van der Waals surface area contributed by atoms with Crippen LogP contribution in [0.25, 0.3) is 0 Å². The van der Waals surface area contributed by atoms with Gasteiger partial charge >= 0.3 is 0 Å². The lowest BCUT2D eigenvalue weighted by Gasteiger charge is -2.32. The van der Waals surface area contributed by atoms with Crippen molar-refractivity contribution < 1.29 is 0 Å². The van der Waals surface area contributed by atoms with E-state index in [1.807, 2.05) is 0 Å². The van der Waals surface area contributed by atoms with Gasteiger partial charge in [-0.15, -0.1) is 0 Å². The Morgan fingerprint density at radius 3 is 2.67 bits per heavy atom. The van der Waals surface area contributed by atoms with Gasteiger partial charge in [0.2, 0.25) is 0 Å². The zero-order chi connectivity index (χ0) is 10.6. The number of piperidine rings is 1. The number of rotatable bonds is 4. The first-order chi connectivity index (χ1) is 7.35. The van der Waals surface area contributed by atoms with E-state index in [2.05, 4.69) is 17.6 Å². The molecule has 1 atom stereocenters. The second-order valence-electron chi connectivity index (χ2n) is 5.48. The average molecular weight is 210 g/mol. The van der Waals surface area contributed by atoms with Crippen LogP contribution in [0.4, 0.5) is 0 Å². The number of hydrogen-bond acceptors (Lipinski definition) is 2. The summed E-state index contributed by atoms with van der Waals surface area (Å²) in [6, 6.07) is 0.739. The van der Waals surface area contributed by atoms with E-state index in [-0.39, 0.29) is 0 Å². The molecule has 1 heterocycles. The molecule has 15 heavy (non-hydrogen) atoms. The van der Waals surface area contributed by atoms with E-state index in [1.165, 1.54) is 64.6 Å². The van der Waals surface area contributed by atoms with Gasteiger partial charge in [-0.2, -0.15) is 0 Å². The maximum absolute atomic E-state index is 3.79. The maximum atomic E-state index is 3.79. The van der Waals surface area contributed by atoms with E-state index in [0.29, 0.717) is 5.41 Å². The molecule has 0 aromatic carbocycles. The topological polar surface area (TPSA) is 24.1 Å². The lowest BCUT2D eigenvalue weighted by atomic mass is 9.83. The first-order valence-corrected chi connectivity index (χ1v) is 6.79. The lowest BCUT2D eigenvalue weighted by molar-refractivity contribution is 0.244. The molecule has 1 unspecified atom stereocenters. The second-order valence-corrected chi connectivity index (χ2v) is 5.48. The Morgan fingerprint density at radius 1 is 1.27 bits per heavy atom. The Labute approximate surface area is 94.2 Å². The molecule has 0 radical (unpaired) electrons. The van der Waals surface area contributed by atoms with Crippen molar-refractivity contribution in [2.24, 2.45) is 5.41 Å². The maximum Gasteiger partial charge on any atom is 0.0193 e. The fourth-order valence-electron chi connectivity index (χ4n) is 3.17. The highest BCUT2D eigenvalue weighted by atomic mass is 15.0. The minimum Gasteiger partial charge on any atom is -0.315 e. The number of nitrogens with one attached hydrogen (secondary N) is 2. The Kier molecular flexibility index (Phi) is 4.04. The zero-order valence-electron chi connectivity index (χ0n) is 10.1. The van der Waals surface area contributed by atoms with Gasteiger partial charge in [0.15, 0.2) is 0 Å². The molecule has 2 fully saturated rings. The summed E-state index contributed by atoms with van der Waals surface area (Å²) in [7, 11) is 0.